The molecule has 0 aliphatic carbocycles. The van der Waals surface area contributed by atoms with Gasteiger partial charge in [-0.1, -0.05) is 53.7 Å². The van der Waals surface area contributed by atoms with Crippen LogP contribution in [-0.4, -0.2) is 38.1 Å². The second kappa shape index (κ2) is 11.3. The van der Waals surface area contributed by atoms with E-state index in [0.29, 0.717) is 28.0 Å². The molecule has 2 aromatic carbocycles. The van der Waals surface area contributed by atoms with E-state index in [0.717, 1.165) is 24.5 Å². The Balaban J connectivity index is 1.48. The third-order valence-corrected chi connectivity index (χ3v) is 6.62. The number of carbonyl (C=O) groups is 1. The number of aryl methyl sites for hydroxylation is 2. The topological polar surface area (TPSA) is 74.0 Å². The van der Waals surface area contributed by atoms with E-state index >= 15 is 0 Å². The van der Waals surface area contributed by atoms with Crippen molar-refractivity contribution in [1.82, 2.24) is 19.3 Å². The molecule has 0 unspecified atom stereocenters. The monoisotopic (exact) mass is 495 g/mol. The third kappa shape index (κ3) is 6.01. The van der Waals surface area contributed by atoms with Crippen molar-refractivity contribution < 1.29 is 9.53 Å². The molecular formula is C25H26ClN5O2S. The quantitative estimate of drug-likeness (QED) is 0.318. The maximum Gasteiger partial charge on any atom is 0.234 e. The molecule has 34 heavy (non-hydrogen) atoms. The molecule has 0 fully saturated rings. The molecule has 4 aromatic rings. The minimum atomic E-state index is -0.174. The Morgan fingerprint density at radius 1 is 1.12 bits per heavy atom. The number of anilines is 1. The lowest BCUT2D eigenvalue weighted by atomic mass is 10.1. The lowest BCUT2D eigenvalue weighted by Gasteiger charge is -2.12. The first-order valence-electron chi connectivity index (χ1n) is 10.9. The summed E-state index contributed by atoms with van der Waals surface area (Å²) in [5.74, 6) is 1.44. The second-order valence-electron chi connectivity index (χ2n) is 7.75. The highest BCUT2D eigenvalue weighted by Crippen LogP contribution is 2.28. The number of nitrogens with one attached hydrogen (secondary N) is 1. The van der Waals surface area contributed by atoms with Gasteiger partial charge in [0, 0.05) is 36.9 Å². The van der Waals surface area contributed by atoms with Gasteiger partial charge in [0.2, 0.25) is 5.91 Å². The number of methoxy groups -OCH3 is 1. The lowest BCUT2D eigenvalue weighted by Crippen LogP contribution is -2.16. The maximum absolute atomic E-state index is 12.7. The number of carbonyl (C=O) groups excluding carboxylic acids is 1. The molecule has 0 radical (unpaired) electrons. The van der Waals surface area contributed by atoms with Crippen molar-refractivity contribution in [3.63, 3.8) is 0 Å². The van der Waals surface area contributed by atoms with Crippen LogP contribution >= 0.6 is 23.4 Å². The zero-order chi connectivity index (χ0) is 23.9. The number of benzene rings is 2. The molecule has 176 valence electrons. The molecule has 0 saturated carbocycles. The summed E-state index contributed by atoms with van der Waals surface area (Å²) in [6.07, 6.45) is 3.53. The summed E-state index contributed by atoms with van der Waals surface area (Å²) < 4.78 is 9.50. The van der Waals surface area contributed by atoms with Gasteiger partial charge >= 0.3 is 0 Å². The normalized spacial score (nSPS) is 10.9. The van der Waals surface area contributed by atoms with Gasteiger partial charge < -0.3 is 19.2 Å². The summed E-state index contributed by atoms with van der Waals surface area (Å²) in [4.78, 5) is 12.7. The first kappa shape index (κ1) is 23.9. The highest BCUT2D eigenvalue weighted by Gasteiger charge is 2.16. The number of nitrogens with zero attached hydrogens (tertiary/aromatic N) is 4. The van der Waals surface area contributed by atoms with Crippen LogP contribution in [0.3, 0.4) is 0 Å². The number of hydrogen-bond acceptors (Lipinski definition) is 5. The van der Waals surface area contributed by atoms with E-state index in [4.69, 9.17) is 16.3 Å². The second-order valence-corrected chi connectivity index (χ2v) is 9.13. The number of halogens is 1. The molecule has 7 nitrogen and oxygen atoms in total. The van der Waals surface area contributed by atoms with Crippen molar-refractivity contribution in [3.8, 4) is 5.75 Å². The SMILES string of the molecule is COc1ccc(Cl)cc1NC(=O)CSc1nnc(Cc2cccn2C)n1CCc1ccccc1. The average Bonchev–Trinajstić information content (AvgIpc) is 3.42. The molecule has 4 rings (SSSR count). The fourth-order valence-electron chi connectivity index (χ4n) is 3.60. The molecule has 2 aromatic heterocycles. The van der Waals surface area contributed by atoms with Gasteiger partial charge in [-0.15, -0.1) is 10.2 Å². The first-order valence-corrected chi connectivity index (χ1v) is 12.2. The Kier molecular flexibility index (Phi) is 7.92. The summed E-state index contributed by atoms with van der Waals surface area (Å²) in [5.41, 5.74) is 2.93. The van der Waals surface area contributed by atoms with Crippen LogP contribution in [0.15, 0.2) is 72.0 Å². The minimum Gasteiger partial charge on any atom is -0.495 e. The predicted octanol–water partition coefficient (Wildman–Crippen LogP) is 4.84. The molecule has 0 atom stereocenters. The van der Waals surface area contributed by atoms with E-state index in [1.54, 1.807) is 25.3 Å². The molecule has 0 aliphatic rings. The first-order chi connectivity index (χ1) is 16.5. The Hall–Kier alpha value is -3.23. The smallest absolute Gasteiger partial charge is 0.234 e. The van der Waals surface area contributed by atoms with Crippen molar-refractivity contribution in [2.24, 2.45) is 7.05 Å². The van der Waals surface area contributed by atoms with Gasteiger partial charge in [0.15, 0.2) is 5.16 Å². The Morgan fingerprint density at radius 3 is 2.68 bits per heavy atom. The van der Waals surface area contributed by atoms with Crippen LogP contribution in [0.5, 0.6) is 5.75 Å². The van der Waals surface area contributed by atoms with Crippen LogP contribution in [0.2, 0.25) is 5.02 Å². The molecule has 0 bridgehead atoms. The average molecular weight is 496 g/mol. The number of amides is 1. The molecule has 2 heterocycles. The Bertz CT molecular complexity index is 1260. The molecule has 0 saturated heterocycles. The fraction of sp³-hybridized carbons (Fsp3) is 0.240. The van der Waals surface area contributed by atoms with Gasteiger partial charge in [0.05, 0.1) is 18.6 Å². The molecule has 0 spiro atoms. The van der Waals surface area contributed by atoms with E-state index in [1.807, 2.05) is 37.5 Å². The summed E-state index contributed by atoms with van der Waals surface area (Å²) >= 11 is 7.43. The van der Waals surface area contributed by atoms with Crippen molar-refractivity contribution in [3.05, 3.63) is 89.0 Å². The number of ether oxygens (including phenoxy) is 1. The number of rotatable bonds is 10. The molecule has 9 heteroatoms. The third-order valence-electron chi connectivity index (χ3n) is 5.42. The standard InChI is InChI=1S/C25H26ClN5O2S/c1-30-13-6-9-20(30)16-23-28-29-25(31(23)14-12-18-7-4-3-5-8-18)34-17-24(32)27-21-15-19(26)10-11-22(21)33-2/h3-11,13,15H,12,14,16-17H2,1-2H3,(H,27,32). The highest BCUT2D eigenvalue weighted by atomic mass is 35.5. The van der Waals surface area contributed by atoms with Gasteiger partial charge in [0.25, 0.3) is 0 Å². The molecule has 1 amide bonds. The largest absolute Gasteiger partial charge is 0.495 e. The number of thioether (sulfide) groups is 1. The lowest BCUT2D eigenvalue weighted by molar-refractivity contribution is -0.113. The summed E-state index contributed by atoms with van der Waals surface area (Å²) in [6, 6.07) is 19.5. The maximum atomic E-state index is 12.7. The van der Waals surface area contributed by atoms with Gasteiger partial charge in [-0.25, -0.2) is 0 Å². The van der Waals surface area contributed by atoms with Crippen LogP contribution in [-0.2, 0) is 31.2 Å². The van der Waals surface area contributed by atoms with E-state index in [9.17, 15) is 4.79 Å². The molecular weight excluding hydrogens is 470 g/mol. The highest BCUT2D eigenvalue weighted by molar-refractivity contribution is 7.99. The van der Waals surface area contributed by atoms with Gasteiger partial charge in [-0.05, 0) is 42.3 Å². The van der Waals surface area contributed by atoms with Gasteiger partial charge in [0.1, 0.15) is 11.6 Å². The van der Waals surface area contributed by atoms with Crippen LogP contribution < -0.4 is 10.1 Å². The van der Waals surface area contributed by atoms with Crippen molar-refractivity contribution in [2.45, 2.75) is 24.5 Å². The summed E-state index contributed by atoms with van der Waals surface area (Å²) in [7, 11) is 3.57. The van der Waals surface area contributed by atoms with Crippen molar-refractivity contribution >= 4 is 35.0 Å². The Morgan fingerprint density at radius 2 is 1.94 bits per heavy atom. The van der Waals surface area contributed by atoms with Crippen LogP contribution in [0.4, 0.5) is 5.69 Å². The van der Waals surface area contributed by atoms with E-state index in [1.165, 1.54) is 17.3 Å². The molecule has 1 N–H and O–H groups in total. The predicted molar refractivity (Wildman–Crippen MR) is 136 cm³/mol. The number of aromatic nitrogens is 4. The van der Waals surface area contributed by atoms with Crippen molar-refractivity contribution in [1.29, 1.82) is 0 Å². The minimum absolute atomic E-state index is 0.174. The Labute approximate surface area is 208 Å². The van der Waals surface area contributed by atoms with Crippen molar-refractivity contribution in [2.75, 3.05) is 18.2 Å². The summed E-state index contributed by atoms with van der Waals surface area (Å²) in [5, 5.41) is 13.0. The van der Waals surface area contributed by atoms with Crippen LogP contribution in [0.25, 0.3) is 0 Å². The number of hydrogen-bond donors (Lipinski definition) is 1. The van der Waals surface area contributed by atoms with E-state index < -0.39 is 0 Å². The fourth-order valence-corrected chi connectivity index (χ4v) is 4.56. The zero-order valence-electron chi connectivity index (χ0n) is 19.1. The van der Waals surface area contributed by atoms with Crippen LogP contribution in [0, 0.1) is 0 Å². The zero-order valence-corrected chi connectivity index (χ0v) is 20.6. The molecule has 0 aliphatic heterocycles. The van der Waals surface area contributed by atoms with E-state index in [2.05, 4.69) is 42.8 Å². The van der Waals surface area contributed by atoms with Gasteiger partial charge in [-0.3, -0.25) is 4.79 Å². The van der Waals surface area contributed by atoms with Gasteiger partial charge in [-0.2, -0.15) is 0 Å². The van der Waals surface area contributed by atoms with Crippen LogP contribution in [0.1, 0.15) is 17.1 Å². The summed E-state index contributed by atoms with van der Waals surface area (Å²) in [6.45, 7) is 0.725. The van der Waals surface area contributed by atoms with E-state index in [-0.39, 0.29) is 11.7 Å².